The second-order valence-corrected chi connectivity index (χ2v) is 4.59. The van der Waals surface area contributed by atoms with Gasteiger partial charge in [-0.15, -0.1) is 0 Å². The van der Waals surface area contributed by atoms with E-state index in [4.69, 9.17) is 5.73 Å². The lowest BCUT2D eigenvalue weighted by Gasteiger charge is -2.30. The molecule has 3 N–H and O–H groups in total. The highest BCUT2D eigenvalue weighted by molar-refractivity contribution is 6.00. The first-order valence-electron chi connectivity index (χ1n) is 5.92. The molecule has 1 aliphatic heterocycles. The smallest absolute Gasteiger partial charge is 0.256 e. The third kappa shape index (κ3) is 2.42. The quantitative estimate of drug-likeness (QED) is 0.717. The van der Waals surface area contributed by atoms with Gasteiger partial charge >= 0.3 is 0 Å². The number of benzene rings is 1. The summed E-state index contributed by atoms with van der Waals surface area (Å²) in [5.41, 5.74) is 7.82. The maximum atomic E-state index is 12.3. The number of carbonyl (C=O) groups excluding carboxylic acids is 1. The molecule has 1 aliphatic rings. The second kappa shape index (κ2) is 4.75. The topological polar surface area (TPSA) is 66.6 Å². The zero-order valence-corrected chi connectivity index (χ0v) is 10.0. The van der Waals surface area contributed by atoms with E-state index in [0.29, 0.717) is 24.3 Å². The zero-order valence-electron chi connectivity index (χ0n) is 10.0. The molecule has 17 heavy (non-hydrogen) atoms. The minimum absolute atomic E-state index is 0.0700. The van der Waals surface area contributed by atoms with Crippen molar-refractivity contribution in [3.8, 4) is 0 Å². The number of aliphatic hydroxyl groups is 1. The van der Waals surface area contributed by atoms with Gasteiger partial charge in [-0.3, -0.25) is 4.79 Å². The fourth-order valence-electron chi connectivity index (χ4n) is 2.28. The highest BCUT2D eigenvalue weighted by atomic mass is 16.3. The highest BCUT2D eigenvalue weighted by Gasteiger charge is 2.25. The molecule has 4 heteroatoms. The molecule has 4 nitrogen and oxygen atoms in total. The minimum Gasteiger partial charge on any atom is -0.398 e. The van der Waals surface area contributed by atoms with E-state index >= 15 is 0 Å². The Hall–Kier alpha value is -1.55. The molecule has 0 radical (unpaired) electrons. The summed E-state index contributed by atoms with van der Waals surface area (Å²) in [6.07, 6.45) is 1.21. The molecule has 0 unspecified atom stereocenters. The molecule has 1 atom stereocenters. The first-order chi connectivity index (χ1) is 8.09. The van der Waals surface area contributed by atoms with Crippen molar-refractivity contribution >= 4 is 11.6 Å². The monoisotopic (exact) mass is 234 g/mol. The molecule has 1 fully saturated rings. The molecular formula is C13H18N2O2. The maximum Gasteiger partial charge on any atom is 0.256 e. The number of nitrogen functional groups attached to an aromatic ring is 1. The molecule has 0 spiro atoms. The summed E-state index contributed by atoms with van der Waals surface area (Å²) in [4.78, 5) is 14.0. The number of anilines is 1. The van der Waals surface area contributed by atoms with Crippen molar-refractivity contribution < 1.29 is 9.90 Å². The molecule has 0 aliphatic carbocycles. The van der Waals surface area contributed by atoms with Crippen LogP contribution >= 0.6 is 0 Å². The summed E-state index contributed by atoms with van der Waals surface area (Å²) in [7, 11) is 0. The van der Waals surface area contributed by atoms with E-state index in [1.807, 2.05) is 19.1 Å². The summed E-state index contributed by atoms with van der Waals surface area (Å²) in [6, 6.07) is 5.46. The Bertz CT molecular complexity index is 411. The Balaban J connectivity index is 2.24. The Labute approximate surface area is 101 Å². The molecule has 0 saturated carbocycles. The van der Waals surface area contributed by atoms with Crippen LogP contribution in [0.3, 0.4) is 0 Å². The molecule has 1 heterocycles. The molecule has 1 saturated heterocycles. The standard InChI is InChI=1S/C13H18N2O2/c1-9-4-2-6-11(14)12(9)13(17)15-7-3-5-10(16)8-15/h2,4,6,10,16H,3,5,7-8,14H2,1H3/t10-/m0/s1. The molecule has 2 rings (SSSR count). The number of β-amino-alcohol motifs (C(OH)–C–C–N with tert-alkyl or cyclic N) is 1. The van der Waals surface area contributed by atoms with E-state index in [1.165, 1.54) is 0 Å². The number of aliphatic hydroxyl groups excluding tert-OH is 1. The number of nitrogens with two attached hydrogens (primary N) is 1. The normalized spacial score (nSPS) is 20.4. The number of piperidine rings is 1. The van der Waals surface area contributed by atoms with Gasteiger partial charge in [0.15, 0.2) is 0 Å². The van der Waals surface area contributed by atoms with Crippen LogP contribution in [0.5, 0.6) is 0 Å². The predicted octanol–water partition coefficient (Wildman–Crippen LogP) is 1.17. The summed E-state index contributed by atoms with van der Waals surface area (Å²) >= 11 is 0. The molecular weight excluding hydrogens is 216 g/mol. The molecule has 92 valence electrons. The molecule has 0 bridgehead atoms. The van der Waals surface area contributed by atoms with E-state index in [1.54, 1.807) is 11.0 Å². The largest absolute Gasteiger partial charge is 0.398 e. The molecule has 1 aromatic carbocycles. The predicted molar refractivity (Wildman–Crippen MR) is 66.7 cm³/mol. The van der Waals surface area contributed by atoms with E-state index < -0.39 is 6.10 Å². The van der Waals surface area contributed by atoms with Crippen LogP contribution in [0.2, 0.25) is 0 Å². The van der Waals surface area contributed by atoms with Crippen LogP contribution in [0.1, 0.15) is 28.8 Å². The van der Waals surface area contributed by atoms with Gasteiger partial charge in [-0.05, 0) is 31.4 Å². The van der Waals surface area contributed by atoms with E-state index in [-0.39, 0.29) is 5.91 Å². The van der Waals surface area contributed by atoms with Gasteiger partial charge in [0.1, 0.15) is 0 Å². The van der Waals surface area contributed by atoms with Gasteiger partial charge in [0.25, 0.3) is 5.91 Å². The first kappa shape index (κ1) is 11.9. The third-order valence-corrected chi connectivity index (χ3v) is 3.20. The van der Waals surface area contributed by atoms with Crippen LogP contribution in [-0.4, -0.2) is 35.1 Å². The molecule has 1 aromatic rings. The Morgan fingerprint density at radius 1 is 1.53 bits per heavy atom. The lowest BCUT2D eigenvalue weighted by Crippen LogP contribution is -2.42. The van der Waals surface area contributed by atoms with E-state index in [2.05, 4.69) is 0 Å². The van der Waals surface area contributed by atoms with Gasteiger partial charge < -0.3 is 15.7 Å². The average molecular weight is 234 g/mol. The summed E-state index contributed by atoms with van der Waals surface area (Å²) < 4.78 is 0. The third-order valence-electron chi connectivity index (χ3n) is 3.20. The van der Waals surface area contributed by atoms with E-state index in [9.17, 15) is 9.90 Å². The first-order valence-corrected chi connectivity index (χ1v) is 5.92. The van der Waals surface area contributed by atoms with Gasteiger partial charge in [-0.1, -0.05) is 12.1 Å². The van der Waals surface area contributed by atoms with Crippen molar-refractivity contribution in [3.05, 3.63) is 29.3 Å². The lowest BCUT2D eigenvalue weighted by molar-refractivity contribution is 0.0474. The number of hydrogen-bond acceptors (Lipinski definition) is 3. The van der Waals surface area contributed by atoms with Crippen molar-refractivity contribution in [1.82, 2.24) is 4.90 Å². The Morgan fingerprint density at radius 3 is 2.94 bits per heavy atom. The van der Waals surface area contributed by atoms with Crippen LogP contribution in [0.4, 0.5) is 5.69 Å². The summed E-state index contributed by atoms with van der Waals surface area (Å²) in [5, 5.41) is 9.59. The van der Waals surface area contributed by atoms with Crippen molar-refractivity contribution in [2.75, 3.05) is 18.8 Å². The SMILES string of the molecule is Cc1cccc(N)c1C(=O)N1CCC[C@H](O)C1. The Morgan fingerprint density at radius 2 is 2.29 bits per heavy atom. The second-order valence-electron chi connectivity index (χ2n) is 4.59. The number of rotatable bonds is 1. The van der Waals surface area contributed by atoms with Crippen LogP contribution in [0, 0.1) is 6.92 Å². The van der Waals surface area contributed by atoms with Crippen LogP contribution in [0.15, 0.2) is 18.2 Å². The van der Waals surface area contributed by atoms with Crippen molar-refractivity contribution in [2.24, 2.45) is 0 Å². The average Bonchev–Trinajstić information content (AvgIpc) is 2.28. The summed E-state index contributed by atoms with van der Waals surface area (Å²) in [6.45, 7) is 2.99. The van der Waals surface area contributed by atoms with Crippen molar-refractivity contribution in [2.45, 2.75) is 25.9 Å². The Kier molecular flexibility index (Phi) is 3.33. The number of carbonyl (C=O) groups is 1. The van der Waals surface area contributed by atoms with Crippen molar-refractivity contribution in [1.29, 1.82) is 0 Å². The van der Waals surface area contributed by atoms with Crippen LogP contribution in [-0.2, 0) is 0 Å². The zero-order chi connectivity index (χ0) is 12.4. The number of aryl methyl sites for hydroxylation is 1. The van der Waals surface area contributed by atoms with Gasteiger partial charge in [-0.25, -0.2) is 0 Å². The molecule has 0 aromatic heterocycles. The number of nitrogens with zero attached hydrogens (tertiary/aromatic N) is 1. The lowest BCUT2D eigenvalue weighted by atomic mass is 10.0. The van der Waals surface area contributed by atoms with Gasteiger partial charge in [0.2, 0.25) is 0 Å². The van der Waals surface area contributed by atoms with Crippen molar-refractivity contribution in [3.63, 3.8) is 0 Å². The number of hydrogen-bond donors (Lipinski definition) is 2. The maximum absolute atomic E-state index is 12.3. The number of likely N-dealkylation sites (tertiary alicyclic amines) is 1. The van der Waals surface area contributed by atoms with E-state index in [0.717, 1.165) is 18.4 Å². The molecule has 1 amide bonds. The van der Waals surface area contributed by atoms with Crippen LogP contribution < -0.4 is 5.73 Å². The van der Waals surface area contributed by atoms with Gasteiger partial charge in [0, 0.05) is 18.8 Å². The summed E-state index contributed by atoms with van der Waals surface area (Å²) in [5.74, 6) is -0.0700. The fraction of sp³-hybridized carbons (Fsp3) is 0.462. The number of amides is 1. The van der Waals surface area contributed by atoms with Gasteiger partial charge in [0.05, 0.1) is 11.7 Å². The fourth-order valence-corrected chi connectivity index (χ4v) is 2.28. The minimum atomic E-state index is -0.405. The van der Waals surface area contributed by atoms with Gasteiger partial charge in [-0.2, -0.15) is 0 Å². The van der Waals surface area contributed by atoms with Crippen LogP contribution in [0.25, 0.3) is 0 Å². The highest BCUT2D eigenvalue weighted by Crippen LogP contribution is 2.21.